The highest BCUT2D eigenvalue weighted by Gasteiger charge is 2.38. The third-order valence-electron chi connectivity index (χ3n) is 7.81. The predicted molar refractivity (Wildman–Crippen MR) is 141 cm³/mol. The van der Waals surface area contributed by atoms with Crippen LogP contribution < -0.4 is 10.1 Å². The number of imidazole rings is 1. The zero-order valence-electron chi connectivity index (χ0n) is 21.8. The SMILES string of the molecule is Cn1cnc(S(=O)(=O)N2CCC[C@H]2CC(=O)N[C@@H]2CCOc3cc(CN4CCCCCCC4)ccc32)c1. The van der Waals surface area contributed by atoms with E-state index in [9.17, 15) is 13.2 Å². The number of fused-ring (bicyclic) bond motifs is 1. The van der Waals surface area contributed by atoms with Crippen LogP contribution in [0.1, 0.15) is 75.0 Å². The number of nitrogens with one attached hydrogen (secondary N) is 1. The molecule has 202 valence electrons. The van der Waals surface area contributed by atoms with E-state index in [1.54, 1.807) is 11.6 Å². The smallest absolute Gasteiger partial charge is 0.262 e. The van der Waals surface area contributed by atoms with E-state index in [1.807, 2.05) is 0 Å². The van der Waals surface area contributed by atoms with Crippen LogP contribution in [0.5, 0.6) is 5.75 Å². The van der Waals surface area contributed by atoms with Crippen molar-refractivity contribution in [2.24, 2.45) is 7.05 Å². The molecule has 1 amide bonds. The molecule has 2 aromatic rings. The zero-order chi connectivity index (χ0) is 25.8. The van der Waals surface area contributed by atoms with Gasteiger partial charge in [-0.05, 0) is 50.4 Å². The van der Waals surface area contributed by atoms with Crippen LogP contribution in [0, 0.1) is 0 Å². The van der Waals surface area contributed by atoms with Gasteiger partial charge in [-0.25, -0.2) is 13.4 Å². The summed E-state index contributed by atoms with van der Waals surface area (Å²) in [5.74, 6) is 0.719. The third kappa shape index (κ3) is 6.18. The van der Waals surface area contributed by atoms with Gasteiger partial charge < -0.3 is 14.6 Å². The first-order valence-corrected chi connectivity index (χ1v) is 15.1. The van der Waals surface area contributed by atoms with Crippen LogP contribution in [0.3, 0.4) is 0 Å². The fourth-order valence-electron chi connectivity index (χ4n) is 5.85. The van der Waals surface area contributed by atoms with Crippen LogP contribution in [0.4, 0.5) is 0 Å². The topological polar surface area (TPSA) is 96.8 Å². The second-order valence-corrected chi connectivity index (χ2v) is 12.5. The minimum Gasteiger partial charge on any atom is -0.493 e. The molecule has 37 heavy (non-hydrogen) atoms. The number of ether oxygens (including phenoxy) is 1. The summed E-state index contributed by atoms with van der Waals surface area (Å²) in [6.45, 7) is 4.18. The molecule has 5 rings (SSSR count). The number of carbonyl (C=O) groups excluding carboxylic acids is 1. The first kappa shape index (κ1) is 26.2. The molecule has 0 bridgehead atoms. The number of hydrogen-bond donors (Lipinski definition) is 1. The number of nitrogens with zero attached hydrogens (tertiary/aromatic N) is 4. The Morgan fingerprint density at radius 3 is 2.62 bits per heavy atom. The largest absolute Gasteiger partial charge is 0.493 e. The first-order chi connectivity index (χ1) is 17.9. The number of aromatic nitrogens is 2. The van der Waals surface area contributed by atoms with Gasteiger partial charge in [0.1, 0.15) is 5.75 Å². The molecule has 10 heteroatoms. The van der Waals surface area contributed by atoms with Gasteiger partial charge in [-0.15, -0.1) is 0 Å². The van der Waals surface area contributed by atoms with Gasteiger partial charge in [0.25, 0.3) is 10.0 Å². The van der Waals surface area contributed by atoms with Crippen molar-refractivity contribution in [1.29, 1.82) is 0 Å². The molecule has 2 atom stereocenters. The highest BCUT2D eigenvalue weighted by atomic mass is 32.2. The summed E-state index contributed by atoms with van der Waals surface area (Å²) in [5, 5.41) is 3.20. The summed E-state index contributed by atoms with van der Waals surface area (Å²) in [6.07, 6.45) is 11.8. The monoisotopic (exact) mass is 529 g/mol. The first-order valence-electron chi connectivity index (χ1n) is 13.7. The number of likely N-dealkylation sites (tertiary alicyclic amines) is 1. The molecule has 3 aliphatic rings. The maximum Gasteiger partial charge on any atom is 0.262 e. The fourth-order valence-corrected chi connectivity index (χ4v) is 7.51. The van der Waals surface area contributed by atoms with Crippen molar-refractivity contribution < 1.29 is 17.9 Å². The molecule has 0 spiro atoms. The summed E-state index contributed by atoms with van der Waals surface area (Å²) in [7, 11) is -1.98. The predicted octanol–water partition coefficient (Wildman–Crippen LogP) is 3.37. The average Bonchev–Trinajstić information content (AvgIpc) is 3.50. The molecule has 1 aromatic heterocycles. The number of benzene rings is 1. The van der Waals surface area contributed by atoms with Gasteiger partial charge in [-0.1, -0.05) is 31.4 Å². The normalized spacial score (nSPS) is 23.6. The number of rotatable bonds is 7. The highest BCUT2D eigenvalue weighted by molar-refractivity contribution is 7.89. The van der Waals surface area contributed by atoms with Crippen molar-refractivity contribution in [2.45, 2.75) is 81.4 Å². The van der Waals surface area contributed by atoms with Gasteiger partial charge in [0.05, 0.1) is 19.0 Å². The van der Waals surface area contributed by atoms with Gasteiger partial charge in [-0.3, -0.25) is 9.69 Å². The van der Waals surface area contributed by atoms with E-state index in [0.717, 1.165) is 37.4 Å². The fraction of sp³-hybridized carbons (Fsp3) is 0.630. The van der Waals surface area contributed by atoms with Gasteiger partial charge >= 0.3 is 0 Å². The molecule has 0 aliphatic carbocycles. The van der Waals surface area contributed by atoms with E-state index in [0.29, 0.717) is 26.0 Å². The minimum absolute atomic E-state index is 0.0344. The van der Waals surface area contributed by atoms with E-state index in [4.69, 9.17) is 4.74 Å². The van der Waals surface area contributed by atoms with Gasteiger partial charge in [0.2, 0.25) is 5.91 Å². The van der Waals surface area contributed by atoms with Crippen LogP contribution in [0.15, 0.2) is 35.7 Å². The molecule has 2 saturated heterocycles. The molecule has 0 unspecified atom stereocenters. The lowest BCUT2D eigenvalue weighted by molar-refractivity contribution is -0.122. The second kappa shape index (κ2) is 11.5. The molecule has 2 fully saturated rings. The van der Waals surface area contributed by atoms with Crippen LogP contribution in [0.2, 0.25) is 0 Å². The Balaban J connectivity index is 1.21. The summed E-state index contributed by atoms with van der Waals surface area (Å²) in [4.78, 5) is 19.7. The Labute approximate surface area is 220 Å². The number of hydrogen-bond acceptors (Lipinski definition) is 6. The minimum atomic E-state index is -3.72. The van der Waals surface area contributed by atoms with E-state index >= 15 is 0 Å². The summed E-state index contributed by atoms with van der Waals surface area (Å²) in [5.41, 5.74) is 2.24. The van der Waals surface area contributed by atoms with Gasteiger partial charge in [-0.2, -0.15) is 4.31 Å². The zero-order valence-corrected chi connectivity index (χ0v) is 22.6. The van der Waals surface area contributed by atoms with Crippen LogP contribution >= 0.6 is 0 Å². The van der Waals surface area contributed by atoms with Crippen molar-refractivity contribution in [2.75, 3.05) is 26.2 Å². The standard InChI is InChI=1S/C27H39N5O4S/c1-30-19-27(28-20-30)37(34,35)32-14-7-8-22(32)17-26(33)29-24-11-15-36-25-16-21(9-10-23(24)25)18-31-12-5-3-2-4-6-13-31/h9-10,16,19-20,22,24H,2-8,11-15,17-18H2,1H3,(H,29,33)/t22-,24+/m0/s1. The van der Waals surface area contributed by atoms with Crippen LogP contribution in [0.25, 0.3) is 0 Å². The summed E-state index contributed by atoms with van der Waals surface area (Å²) >= 11 is 0. The van der Waals surface area contributed by atoms with E-state index in [1.165, 1.54) is 54.5 Å². The molecule has 3 aliphatic heterocycles. The number of amides is 1. The van der Waals surface area contributed by atoms with E-state index in [2.05, 4.69) is 33.4 Å². The summed E-state index contributed by atoms with van der Waals surface area (Å²) < 4.78 is 35.3. The molecule has 0 saturated carbocycles. The second-order valence-electron chi connectivity index (χ2n) is 10.7. The van der Waals surface area contributed by atoms with Crippen molar-refractivity contribution in [3.63, 3.8) is 0 Å². The number of aryl methyl sites for hydroxylation is 1. The lowest BCUT2D eigenvalue weighted by atomic mass is 9.98. The molecule has 1 N–H and O–H groups in total. The van der Waals surface area contributed by atoms with Gasteiger partial charge in [0, 0.05) is 50.8 Å². The Hall–Kier alpha value is -2.43. The lowest BCUT2D eigenvalue weighted by Crippen LogP contribution is -2.40. The Morgan fingerprint density at radius 1 is 1.08 bits per heavy atom. The highest BCUT2D eigenvalue weighted by Crippen LogP contribution is 2.34. The molecular formula is C27H39N5O4S. The van der Waals surface area contributed by atoms with Crippen molar-refractivity contribution in [1.82, 2.24) is 24.1 Å². The number of carbonyl (C=O) groups is 1. The van der Waals surface area contributed by atoms with Crippen molar-refractivity contribution >= 4 is 15.9 Å². The Bertz CT molecular complexity index is 1190. The molecule has 0 radical (unpaired) electrons. The van der Waals surface area contributed by atoms with Gasteiger partial charge in [0.15, 0.2) is 5.03 Å². The molecule has 9 nitrogen and oxygen atoms in total. The quantitative estimate of drug-likeness (QED) is 0.591. The Kier molecular flexibility index (Phi) is 8.16. The van der Waals surface area contributed by atoms with Crippen molar-refractivity contribution in [3.8, 4) is 5.75 Å². The lowest BCUT2D eigenvalue weighted by Gasteiger charge is -2.29. The number of sulfonamides is 1. The average molecular weight is 530 g/mol. The maximum absolute atomic E-state index is 13.1. The summed E-state index contributed by atoms with van der Waals surface area (Å²) in [6, 6.07) is 5.89. The van der Waals surface area contributed by atoms with Crippen LogP contribution in [-0.2, 0) is 28.4 Å². The Morgan fingerprint density at radius 2 is 1.86 bits per heavy atom. The molecule has 1 aromatic carbocycles. The van der Waals surface area contributed by atoms with E-state index in [-0.39, 0.29) is 29.4 Å². The molecule has 4 heterocycles. The van der Waals surface area contributed by atoms with Crippen molar-refractivity contribution in [3.05, 3.63) is 41.9 Å². The maximum atomic E-state index is 13.1. The molecular weight excluding hydrogens is 490 g/mol. The van der Waals surface area contributed by atoms with Crippen LogP contribution in [-0.4, -0.2) is 65.4 Å². The third-order valence-corrected chi connectivity index (χ3v) is 9.64. The van der Waals surface area contributed by atoms with E-state index < -0.39 is 10.0 Å².